The summed E-state index contributed by atoms with van der Waals surface area (Å²) in [4.78, 5) is 54.4. The van der Waals surface area contributed by atoms with Crippen molar-refractivity contribution in [1.82, 2.24) is 9.80 Å². The molecule has 44 heavy (non-hydrogen) atoms. The molecule has 0 radical (unpaired) electrons. The Morgan fingerprint density at radius 1 is 0.682 bits per heavy atom. The number of halogens is 2. The highest BCUT2D eigenvalue weighted by atomic mass is 79.9. The van der Waals surface area contributed by atoms with Crippen LogP contribution in [0.15, 0.2) is 45.3 Å². The van der Waals surface area contributed by atoms with Gasteiger partial charge in [0.2, 0.25) is 11.8 Å². The van der Waals surface area contributed by atoms with Gasteiger partial charge in [0.25, 0.3) is 0 Å². The summed E-state index contributed by atoms with van der Waals surface area (Å²) in [5.41, 5.74) is 1.64. The second kappa shape index (κ2) is 13.5. The fourth-order valence-electron chi connectivity index (χ4n) is 5.23. The lowest BCUT2D eigenvalue weighted by Crippen LogP contribution is -2.45. The zero-order valence-corrected chi connectivity index (χ0v) is 29.1. The second-order valence-corrected chi connectivity index (χ2v) is 14.7. The van der Waals surface area contributed by atoms with Crippen LogP contribution >= 0.6 is 31.9 Å². The molecule has 2 aromatic rings. The monoisotopic (exact) mass is 734 g/mol. The van der Waals surface area contributed by atoms with Gasteiger partial charge in [-0.25, -0.2) is 9.59 Å². The fraction of sp³-hybridized carbons (Fsp3) is 0.500. The van der Waals surface area contributed by atoms with Gasteiger partial charge in [0.1, 0.15) is 23.3 Å². The number of hydrogen-bond acceptors (Lipinski definition) is 6. The van der Waals surface area contributed by atoms with E-state index in [1.54, 1.807) is 53.7 Å². The topological polar surface area (TPSA) is 117 Å². The molecular formula is C32H40Br2N4O6. The van der Waals surface area contributed by atoms with Crippen molar-refractivity contribution in [2.45, 2.75) is 90.5 Å². The lowest BCUT2D eigenvalue weighted by atomic mass is 10.0. The summed E-state index contributed by atoms with van der Waals surface area (Å²) in [7, 11) is 0. The van der Waals surface area contributed by atoms with E-state index < -0.39 is 35.5 Å². The standard InChI is InChI=1S/C32H40Br2N4O6/c1-31(2,3)43-29(41)37-15-7-9-25(37)27(39)35-19-11-13-21(23(33)17-19)22-14-12-20(18-24(22)34)36-28(40)26-10-8-16-38(26)30(42)44-32(4,5)6/h11-14,17-18,25-26H,7-10,15-16H2,1-6H3,(H,35,39)(H,36,40)/t25-,26-/m0/s1. The predicted octanol–water partition coefficient (Wildman–Crippen LogP) is 7.55. The molecule has 0 aliphatic carbocycles. The third-order valence-electron chi connectivity index (χ3n) is 7.13. The molecule has 2 aliphatic heterocycles. The molecule has 0 unspecified atom stereocenters. The van der Waals surface area contributed by atoms with E-state index in [4.69, 9.17) is 9.47 Å². The van der Waals surface area contributed by atoms with Gasteiger partial charge in [-0.15, -0.1) is 0 Å². The van der Waals surface area contributed by atoms with Crippen LogP contribution < -0.4 is 10.6 Å². The van der Waals surface area contributed by atoms with Crippen LogP contribution in [0.2, 0.25) is 0 Å². The summed E-state index contributed by atoms with van der Waals surface area (Å²) in [6.45, 7) is 11.8. The average Bonchev–Trinajstić information content (AvgIpc) is 3.58. The normalized spacial score (nSPS) is 18.6. The molecule has 0 saturated carbocycles. The number of carbonyl (C=O) groups excluding carboxylic acids is 4. The molecule has 0 aromatic heterocycles. The van der Waals surface area contributed by atoms with Crippen LogP contribution in [0.5, 0.6) is 0 Å². The first-order chi connectivity index (χ1) is 20.5. The fourth-order valence-corrected chi connectivity index (χ4v) is 6.42. The lowest BCUT2D eigenvalue weighted by Gasteiger charge is -2.28. The van der Waals surface area contributed by atoms with Gasteiger partial charge in [0.15, 0.2) is 0 Å². The van der Waals surface area contributed by atoms with Gasteiger partial charge < -0.3 is 20.1 Å². The largest absolute Gasteiger partial charge is 0.444 e. The number of benzene rings is 2. The molecule has 2 heterocycles. The number of nitrogens with one attached hydrogen (secondary N) is 2. The van der Waals surface area contributed by atoms with Crippen molar-refractivity contribution in [2.75, 3.05) is 23.7 Å². The third kappa shape index (κ3) is 8.53. The zero-order valence-electron chi connectivity index (χ0n) is 26.0. The van der Waals surface area contributed by atoms with E-state index in [9.17, 15) is 19.2 Å². The first-order valence-electron chi connectivity index (χ1n) is 14.7. The summed E-state index contributed by atoms with van der Waals surface area (Å²) >= 11 is 7.26. The van der Waals surface area contributed by atoms with E-state index in [1.807, 2.05) is 24.3 Å². The minimum absolute atomic E-state index is 0.262. The number of carbonyl (C=O) groups is 4. The van der Waals surface area contributed by atoms with E-state index in [2.05, 4.69) is 42.5 Å². The van der Waals surface area contributed by atoms with Crippen molar-refractivity contribution >= 4 is 67.2 Å². The van der Waals surface area contributed by atoms with Gasteiger partial charge in [-0.2, -0.15) is 0 Å². The smallest absolute Gasteiger partial charge is 0.410 e. The van der Waals surface area contributed by atoms with E-state index in [-0.39, 0.29) is 11.8 Å². The molecule has 0 spiro atoms. The average molecular weight is 737 g/mol. The van der Waals surface area contributed by atoms with Crippen LogP contribution in [0.4, 0.5) is 21.0 Å². The van der Waals surface area contributed by atoms with Crippen LogP contribution in [0, 0.1) is 0 Å². The van der Waals surface area contributed by atoms with E-state index in [0.29, 0.717) is 37.3 Å². The minimum atomic E-state index is -0.640. The summed E-state index contributed by atoms with van der Waals surface area (Å²) in [6.07, 6.45) is 1.62. The first kappa shape index (κ1) is 33.8. The molecule has 238 valence electrons. The Morgan fingerprint density at radius 3 is 1.36 bits per heavy atom. The van der Waals surface area contributed by atoms with Gasteiger partial charge in [-0.3, -0.25) is 19.4 Å². The Bertz CT molecular complexity index is 1330. The van der Waals surface area contributed by atoms with Crippen LogP contribution in [0.3, 0.4) is 0 Å². The Morgan fingerprint density at radius 2 is 1.05 bits per heavy atom. The number of likely N-dealkylation sites (tertiary alicyclic amines) is 2. The van der Waals surface area contributed by atoms with Gasteiger partial charge in [0.05, 0.1) is 0 Å². The Labute approximate surface area is 275 Å². The highest BCUT2D eigenvalue weighted by molar-refractivity contribution is 9.11. The number of amides is 4. The van der Waals surface area contributed by atoms with Gasteiger partial charge in [0, 0.05) is 33.4 Å². The zero-order chi connectivity index (χ0) is 32.4. The quantitative estimate of drug-likeness (QED) is 0.328. The SMILES string of the molecule is CC(C)(C)OC(=O)N1CCC[C@H]1C(=O)Nc1ccc(-c2ccc(NC(=O)[C@@H]3CCCN3C(=O)OC(C)(C)C)cc2Br)c(Br)c1. The lowest BCUT2D eigenvalue weighted by molar-refractivity contribution is -0.121. The molecule has 12 heteroatoms. The Balaban J connectivity index is 1.41. The van der Waals surface area contributed by atoms with Crippen molar-refractivity contribution in [3.8, 4) is 11.1 Å². The van der Waals surface area contributed by atoms with Crippen molar-refractivity contribution in [2.24, 2.45) is 0 Å². The highest BCUT2D eigenvalue weighted by Gasteiger charge is 2.38. The third-order valence-corrected chi connectivity index (χ3v) is 8.44. The van der Waals surface area contributed by atoms with E-state index in [1.165, 1.54) is 9.80 Å². The molecule has 2 atom stereocenters. The molecule has 2 aromatic carbocycles. The summed E-state index contributed by atoms with van der Waals surface area (Å²) in [5, 5.41) is 5.86. The molecule has 2 fully saturated rings. The van der Waals surface area contributed by atoms with Gasteiger partial charge in [-0.05, 0) is 103 Å². The number of rotatable bonds is 5. The molecule has 2 saturated heterocycles. The van der Waals surface area contributed by atoms with Crippen molar-refractivity contribution < 1.29 is 28.7 Å². The molecule has 0 bridgehead atoms. The summed E-state index contributed by atoms with van der Waals surface area (Å²) < 4.78 is 12.5. The van der Waals surface area contributed by atoms with Crippen LogP contribution in [0.1, 0.15) is 67.2 Å². The highest BCUT2D eigenvalue weighted by Crippen LogP contribution is 2.37. The van der Waals surface area contributed by atoms with Crippen LogP contribution in [-0.2, 0) is 19.1 Å². The van der Waals surface area contributed by atoms with E-state index in [0.717, 1.165) is 32.9 Å². The molecule has 4 rings (SSSR count). The number of hydrogen-bond donors (Lipinski definition) is 2. The molecule has 2 aliphatic rings. The first-order valence-corrected chi connectivity index (χ1v) is 16.3. The molecular weight excluding hydrogens is 696 g/mol. The summed E-state index contributed by atoms with van der Waals surface area (Å²) in [5.74, 6) is -0.524. The van der Waals surface area contributed by atoms with Gasteiger partial charge in [-0.1, -0.05) is 44.0 Å². The number of anilines is 2. The number of nitrogens with zero attached hydrogens (tertiary/aromatic N) is 2. The maximum absolute atomic E-state index is 13.1. The van der Waals surface area contributed by atoms with Crippen molar-refractivity contribution in [1.29, 1.82) is 0 Å². The maximum atomic E-state index is 13.1. The Kier molecular flexibility index (Phi) is 10.3. The Hall–Kier alpha value is -3.12. The van der Waals surface area contributed by atoms with Crippen molar-refractivity contribution in [3.05, 3.63) is 45.3 Å². The van der Waals surface area contributed by atoms with E-state index >= 15 is 0 Å². The maximum Gasteiger partial charge on any atom is 0.410 e. The summed E-state index contributed by atoms with van der Waals surface area (Å²) in [6, 6.07) is 9.81. The molecule has 10 nitrogen and oxygen atoms in total. The second-order valence-electron chi connectivity index (χ2n) is 13.0. The molecule has 2 N–H and O–H groups in total. The minimum Gasteiger partial charge on any atom is -0.444 e. The predicted molar refractivity (Wildman–Crippen MR) is 176 cm³/mol. The van der Waals surface area contributed by atoms with Crippen LogP contribution in [-0.4, -0.2) is 70.2 Å². The van der Waals surface area contributed by atoms with Crippen molar-refractivity contribution in [3.63, 3.8) is 0 Å². The number of ether oxygens (including phenoxy) is 2. The molecule has 4 amide bonds. The van der Waals surface area contributed by atoms with Crippen LogP contribution in [0.25, 0.3) is 11.1 Å². The van der Waals surface area contributed by atoms with Gasteiger partial charge >= 0.3 is 12.2 Å².